The molecule has 4 atom stereocenters. The molecule has 2 aromatic rings. The van der Waals surface area contributed by atoms with Gasteiger partial charge in [-0.15, -0.1) is 0 Å². The molecule has 35 heavy (non-hydrogen) atoms. The molecule has 2 aromatic carbocycles. The van der Waals surface area contributed by atoms with E-state index in [2.05, 4.69) is 5.32 Å². The molecule has 180 valence electrons. The van der Waals surface area contributed by atoms with Gasteiger partial charge in [0.15, 0.2) is 6.61 Å². The van der Waals surface area contributed by atoms with Crippen molar-refractivity contribution < 1.29 is 28.8 Å². The first kappa shape index (κ1) is 23.3. The van der Waals surface area contributed by atoms with Gasteiger partial charge in [-0.2, -0.15) is 0 Å². The molecular weight excluding hydrogens is 501 g/mol. The number of non-ortho nitro benzene ring substituents is 1. The van der Waals surface area contributed by atoms with Crippen LogP contribution in [0.4, 0.5) is 11.4 Å². The Bertz CT molecular complexity index is 1280. The summed E-state index contributed by atoms with van der Waals surface area (Å²) in [7, 11) is 0. The number of anilines is 1. The van der Waals surface area contributed by atoms with Crippen molar-refractivity contribution in [2.75, 3.05) is 18.1 Å². The molecule has 10 nitrogen and oxygen atoms in total. The number of ether oxygens (including phenoxy) is 2. The number of hydrogen-bond donors (Lipinski definition) is 1. The number of carbonyl (C=O) groups excluding carboxylic acids is 3. The third-order valence-corrected chi connectivity index (χ3v) is 6.82. The van der Waals surface area contributed by atoms with Gasteiger partial charge in [0.25, 0.3) is 11.6 Å². The van der Waals surface area contributed by atoms with Gasteiger partial charge in [0, 0.05) is 17.2 Å². The van der Waals surface area contributed by atoms with Crippen molar-refractivity contribution >= 4 is 52.3 Å². The summed E-state index contributed by atoms with van der Waals surface area (Å²) in [5.74, 6) is -2.71. The Hall–Kier alpha value is -3.47. The summed E-state index contributed by atoms with van der Waals surface area (Å²) in [5, 5.41) is 14.3. The molecule has 2 saturated heterocycles. The number of halogens is 2. The summed E-state index contributed by atoms with van der Waals surface area (Å²) >= 11 is 11.9. The van der Waals surface area contributed by atoms with Gasteiger partial charge < -0.3 is 14.8 Å². The Labute approximate surface area is 208 Å². The molecule has 0 spiro atoms. The Morgan fingerprint density at radius 3 is 2.60 bits per heavy atom. The number of hydrogen-bond acceptors (Lipinski definition) is 7. The van der Waals surface area contributed by atoms with Crippen LogP contribution < -0.4 is 15.0 Å². The Kier molecular flexibility index (Phi) is 5.74. The molecular formula is C23H17Cl2N3O7. The summed E-state index contributed by atoms with van der Waals surface area (Å²) in [6.45, 7) is -0.384. The zero-order valence-electron chi connectivity index (χ0n) is 17.9. The van der Waals surface area contributed by atoms with Crippen LogP contribution in [0.1, 0.15) is 0 Å². The number of nitrogens with one attached hydrogen (secondary N) is 1. The molecule has 4 unspecified atom stereocenters. The second-order valence-corrected chi connectivity index (χ2v) is 9.17. The van der Waals surface area contributed by atoms with Gasteiger partial charge in [-0.05, 0) is 30.3 Å². The predicted molar refractivity (Wildman–Crippen MR) is 124 cm³/mol. The van der Waals surface area contributed by atoms with Crippen LogP contribution in [0.15, 0.2) is 54.6 Å². The van der Waals surface area contributed by atoms with E-state index in [9.17, 15) is 24.5 Å². The highest BCUT2D eigenvalue weighted by Gasteiger charge is 2.67. The first-order chi connectivity index (χ1) is 16.7. The van der Waals surface area contributed by atoms with Gasteiger partial charge in [0.1, 0.15) is 11.4 Å². The van der Waals surface area contributed by atoms with Gasteiger partial charge in [-0.1, -0.05) is 35.4 Å². The van der Waals surface area contributed by atoms with E-state index in [1.807, 2.05) is 0 Å². The van der Waals surface area contributed by atoms with E-state index >= 15 is 0 Å². The maximum Gasteiger partial charge on any atom is 0.269 e. The fraction of sp³-hybridized carbons (Fsp3) is 0.261. The summed E-state index contributed by atoms with van der Waals surface area (Å²) in [4.78, 5) is 50.3. The zero-order valence-corrected chi connectivity index (χ0v) is 19.4. The number of carbonyl (C=O) groups is 3. The normalized spacial score (nSPS) is 26.2. The van der Waals surface area contributed by atoms with E-state index in [0.29, 0.717) is 5.02 Å². The molecule has 2 bridgehead atoms. The highest BCUT2D eigenvalue weighted by atomic mass is 35.5. The SMILES string of the molecule is O=C(COc1ccc(Cl)cc1Cl)NCC12C=CC(O1)C1C(=O)N(c3ccc([N+](=O)[O-])cc3)C(=O)C12. The highest BCUT2D eigenvalue weighted by Crippen LogP contribution is 2.52. The minimum Gasteiger partial charge on any atom is -0.482 e. The number of imide groups is 1. The van der Waals surface area contributed by atoms with Crippen molar-refractivity contribution in [3.05, 3.63) is 74.8 Å². The van der Waals surface area contributed by atoms with Gasteiger partial charge in [-0.3, -0.25) is 24.5 Å². The fourth-order valence-corrected chi connectivity index (χ4v) is 5.17. The summed E-state index contributed by atoms with van der Waals surface area (Å²) < 4.78 is 11.4. The average Bonchev–Trinajstić information content (AvgIpc) is 3.47. The summed E-state index contributed by atoms with van der Waals surface area (Å²) in [5.41, 5.74) is -1.10. The van der Waals surface area contributed by atoms with Gasteiger partial charge >= 0.3 is 0 Å². The van der Waals surface area contributed by atoms with E-state index in [1.165, 1.54) is 30.3 Å². The smallest absolute Gasteiger partial charge is 0.269 e. The first-order valence-electron chi connectivity index (χ1n) is 10.5. The molecule has 3 amide bonds. The largest absolute Gasteiger partial charge is 0.482 e. The number of nitrogens with zero attached hydrogens (tertiary/aromatic N) is 2. The topological polar surface area (TPSA) is 128 Å². The van der Waals surface area contributed by atoms with Crippen molar-refractivity contribution in [3.8, 4) is 5.75 Å². The molecule has 12 heteroatoms. The molecule has 0 saturated carbocycles. The highest BCUT2D eigenvalue weighted by molar-refractivity contribution is 6.35. The molecule has 1 N–H and O–H groups in total. The van der Waals surface area contributed by atoms with Gasteiger partial charge in [-0.25, -0.2) is 4.90 Å². The Balaban J connectivity index is 1.28. The predicted octanol–water partition coefficient (Wildman–Crippen LogP) is 2.91. The Morgan fingerprint density at radius 1 is 1.17 bits per heavy atom. The van der Waals surface area contributed by atoms with Crippen LogP contribution in [0.2, 0.25) is 10.0 Å². The van der Waals surface area contributed by atoms with E-state index in [1.54, 1.807) is 24.3 Å². The van der Waals surface area contributed by atoms with Crippen molar-refractivity contribution in [2.45, 2.75) is 11.7 Å². The van der Waals surface area contributed by atoms with Crippen LogP contribution >= 0.6 is 23.2 Å². The minimum absolute atomic E-state index is 0.0508. The second kappa shape index (κ2) is 8.63. The van der Waals surface area contributed by atoms with Gasteiger partial charge in [0.05, 0.1) is 40.1 Å². The van der Waals surface area contributed by atoms with Crippen LogP contribution in [0, 0.1) is 22.0 Å². The number of amides is 3. The molecule has 2 fully saturated rings. The van der Waals surface area contributed by atoms with E-state index in [0.717, 1.165) is 4.90 Å². The van der Waals surface area contributed by atoms with E-state index in [4.69, 9.17) is 32.7 Å². The lowest BCUT2D eigenvalue weighted by Gasteiger charge is -2.29. The third kappa shape index (κ3) is 3.93. The van der Waals surface area contributed by atoms with Crippen LogP contribution in [-0.4, -0.2) is 47.5 Å². The van der Waals surface area contributed by atoms with Crippen LogP contribution in [0.3, 0.4) is 0 Å². The number of rotatable bonds is 7. The third-order valence-electron chi connectivity index (χ3n) is 6.29. The summed E-state index contributed by atoms with van der Waals surface area (Å²) in [6.07, 6.45) is 2.79. The van der Waals surface area contributed by atoms with Gasteiger partial charge in [0.2, 0.25) is 11.8 Å². The van der Waals surface area contributed by atoms with Crippen molar-refractivity contribution in [2.24, 2.45) is 11.8 Å². The standard InChI is InChI=1S/C23H17Cl2N3O7/c24-12-1-6-16(15(25)9-12)34-10-18(29)26-11-23-8-7-17(35-23)19-20(23)22(31)27(21(19)30)13-2-4-14(5-3-13)28(32)33/h1-9,17,19-20H,10-11H2,(H,26,29). The average molecular weight is 518 g/mol. The molecule has 3 heterocycles. The molecule has 0 radical (unpaired) electrons. The lowest BCUT2D eigenvalue weighted by molar-refractivity contribution is -0.384. The summed E-state index contributed by atoms with van der Waals surface area (Å²) in [6, 6.07) is 9.80. The number of fused-ring (bicyclic) bond motifs is 5. The van der Waals surface area contributed by atoms with Crippen LogP contribution in [0.5, 0.6) is 5.75 Å². The van der Waals surface area contributed by atoms with Crippen LogP contribution in [0.25, 0.3) is 0 Å². The minimum atomic E-state index is -1.19. The molecule has 0 aliphatic carbocycles. The number of nitro benzene ring substituents is 1. The lowest BCUT2D eigenvalue weighted by Crippen LogP contribution is -2.49. The number of benzene rings is 2. The van der Waals surface area contributed by atoms with Crippen molar-refractivity contribution in [3.63, 3.8) is 0 Å². The molecule has 3 aliphatic rings. The molecule has 3 aliphatic heterocycles. The zero-order chi connectivity index (χ0) is 24.9. The van der Waals surface area contributed by atoms with Crippen LogP contribution in [-0.2, 0) is 19.1 Å². The Morgan fingerprint density at radius 2 is 1.91 bits per heavy atom. The maximum absolute atomic E-state index is 13.3. The fourth-order valence-electron chi connectivity index (χ4n) is 4.71. The van der Waals surface area contributed by atoms with Crippen molar-refractivity contribution in [1.82, 2.24) is 5.32 Å². The quantitative estimate of drug-likeness (QED) is 0.258. The monoisotopic (exact) mass is 517 g/mol. The number of nitro groups is 1. The second-order valence-electron chi connectivity index (χ2n) is 8.33. The van der Waals surface area contributed by atoms with Crippen molar-refractivity contribution in [1.29, 1.82) is 0 Å². The molecule has 0 aromatic heterocycles. The first-order valence-corrected chi connectivity index (χ1v) is 11.3. The lowest BCUT2D eigenvalue weighted by atomic mass is 9.77. The molecule has 5 rings (SSSR count). The maximum atomic E-state index is 13.3. The van der Waals surface area contributed by atoms with E-state index < -0.39 is 46.2 Å². The van der Waals surface area contributed by atoms with E-state index in [-0.39, 0.29) is 35.3 Å².